The van der Waals surface area contributed by atoms with Crippen LogP contribution in [-0.4, -0.2) is 44.3 Å². The van der Waals surface area contributed by atoms with Crippen LogP contribution >= 0.6 is 0 Å². The van der Waals surface area contributed by atoms with Crippen molar-refractivity contribution in [2.24, 2.45) is 0 Å². The molecular weight excluding hydrogens is 220 g/mol. The molecule has 4 nitrogen and oxygen atoms in total. The Kier molecular flexibility index (Phi) is 5.08. The molecule has 1 aliphatic rings. The molecule has 0 spiro atoms. The van der Waals surface area contributed by atoms with Gasteiger partial charge in [-0.15, -0.1) is 0 Å². The summed E-state index contributed by atoms with van der Waals surface area (Å²) in [5, 5.41) is 2.95. The van der Waals surface area contributed by atoms with Gasteiger partial charge in [0.1, 0.15) is 6.10 Å². The van der Waals surface area contributed by atoms with Crippen LogP contribution in [-0.2, 0) is 14.3 Å². The molecule has 1 saturated heterocycles. The second-order valence-corrected chi connectivity index (χ2v) is 3.69. The Hall–Kier alpha value is -0.750. The Labute approximate surface area is 93.3 Å². The maximum Gasteiger partial charge on any atom is 0.377 e. The van der Waals surface area contributed by atoms with E-state index in [-0.39, 0.29) is 6.54 Å². The lowest BCUT2D eigenvalue weighted by molar-refractivity contribution is -0.159. The van der Waals surface area contributed by atoms with Crippen LogP contribution < -0.4 is 5.32 Å². The summed E-state index contributed by atoms with van der Waals surface area (Å²) in [6.45, 7) is 4.16. The van der Waals surface area contributed by atoms with Crippen LogP contribution in [0.1, 0.15) is 19.8 Å². The summed E-state index contributed by atoms with van der Waals surface area (Å²) in [4.78, 5) is 10.7. The molecular formula is C10H17F2NO3. The van der Waals surface area contributed by atoms with Crippen molar-refractivity contribution in [1.82, 2.24) is 5.32 Å². The fraction of sp³-hybridized carbons (Fsp3) is 0.900. The van der Waals surface area contributed by atoms with Crippen molar-refractivity contribution < 1.29 is 23.0 Å². The standard InChI is InChI=1S/C10H17F2NO3/c1-2-15-5-3-4-13-7-8-6-10(11,12)9(14)16-8/h8,13H,2-7H2,1H3. The first-order valence-electron chi connectivity index (χ1n) is 5.43. The molecule has 1 unspecified atom stereocenters. The summed E-state index contributed by atoms with van der Waals surface area (Å²) in [6, 6.07) is 0. The van der Waals surface area contributed by atoms with Gasteiger partial charge in [0, 0.05) is 19.8 Å². The molecule has 1 N–H and O–H groups in total. The van der Waals surface area contributed by atoms with Gasteiger partial charge in [0.2, 0.25) is 0 Å². The number of cyclic esters (lactones) is 1. The topological polar surface area (TPSA) is 47.6 Å². The van der Waals surface area contributed by atoms with E-state index in [9.17, 15) is 13.6 Å². The zero-order valence-corrected chi connectivity index (χ0v) is 9.30. The number of alkyl halides is 2. The molecule has 0 saturated carbocycles. The summed E-state index contributed by atoms with van der Waals surface area (Å²) in [6.07, 6.45) is -0.426. The van der Waals surface area contributed by atoms with Gasteiger partial charge in [-0.05, 0) is 19.9 Å². The summed E-state index contributed by atoms with van der Waals surface area (Å²) in [5.74, 6) is -4.72. The first-order chi connectivity index (χ1) is 7.56. The Morgan fingerprint density at radius 2 is 2.38 bits per heavy atom. The molecule has 0 bridgehead atoms. The quantitative estimate of drug-likeness (QED) is 0.529. The molecule has 0 amide bonds. The van der Waals surface area contributed by atoms with E-state index in [0.29, 0.717) is 19.8 Å². The first kappa shape index (κ1) is 13.3. The second-order valence-electron chi connectivity index (χ2n) is 3.69. The van der Waals surface area contributed by atoms with Crippen LogP contribution in [0.5, 0.6) is 0 Å². The van der Waals surface area contributed by atoms with Gasteiger partial charge in [0.15, 0.2) is 0 Å². The van der Waals surface area contributed by atoms with Gasteiger partial charge in [0.05, 0.1) is 6.42 Å². The average molecular weight is 237 g/mol. The van der Waals surface area contributed by atoms with E-state index in [1.54, 1.807) is 0 Å². The summed E-state index contributed by atoms with van der Waals surface area (Å²) in [5.41, 5.74) is 0. The van der Waals surface area contributed by atoms with E-state index in [0.717, 1.165) is 6.42 Å². The monoisotopic (exact) mass is 237 g/mol. The zero-order chi connectivity index (χ0) is 12.0. The van der Waals surface area contributed by atoms with Gasteiger partial charge in [-0.25, -0.2) is 4.79 Å². The fourth-order valence-corrected chi connectivity index (χ4v) is 1.47. The van der Waals surface area contributed by atoms with Gasteiger partial charge >= 0.3 is 11.9 Å². The summed E-state index contributed by atoms with van der Waals surface area (Å²) in [7, 11) is 0. The van der Waals surface area contributed by atoms with Gasteiger partial charge < -0.3 is 14.8 Å². The number of carbonyl (C=O) groups is 1. The number of ether oxygens (including phenoxy) is 2. The van der Waals surface area contributed by atoms with Crippen LogP contribution in [0.2, 0.25) is 0 Å². The maximum atomic E-state index is 12.7. The van der Waals surface area contributed by atoms with Crippen molar-refractivity contribution in [1.29, 1.82) is 0 Å². The number of halogens is 2. The molecule has 0 aliphatic carbocycles. The Bertz CT molecular complexity index is 236. The minimum atomic E-state index is -3.31. The van der Waals surface area contributed by atoms with Crippen LogP contribution in [0.25, 0.3) is 0 Å². The van der Waals surface area contributed by atoms with Crippen molar-refractivity contribution in [3.8, 4) is 0 Å². The Morgan fingerprint density at radius 1 is 1.62 bits per heavy atom. The predicted octanol–water partition coefficient (Wildman–Crippen LogP) is 0.953. The van der Waals surface area contributed by atoms with Crippen molar-refractivity contribution >= 4 is 5.97 Å². The maximum absolute atomic E-state index is 12.7. The second kappa shape index (κ2) is 6.10. The molecule has 1 atom stereocenters. The SMILES string of the molecule is CCOCCCNCC1CC(F)(F)C(=O)O1. The predicted molar refractivity (Wildman–Crippen MR) is 53.4 cm³/mol. The van der Waals surface area contributed by atoms with E-state index >= 15 is 0 Å². The van der Waals surface area contributed by atoms with E-state index in [1.165, 1.54) is 0 Å². The van der Waals surface area contributed by atoms with E-state index < -0.39 is 24.4 Å². The number of hydrogen-bond donors (Lipinski definition) is 1. The minimum absolute atomic E-state index is 0.271. The lowest BCUT2D eigenvalue weighted by atomic mass is 10.2. The molecule has 1 rings (SSSR count). The number of carbonyl (C=O) groups excluding carboxylic acids is 1. The average Bonchev–Trinajstić information content (AvgIpc) is 2.47. The highest BCUT2D eigenvalue weighted by Gasteiger charge is 2.50. The molecule has 16 heavy (non-hydrogen) atoms. The minimum Gasteiger partial charge on any atom is -0.456 e. The van der Waals surface area contributed by atoms with Gasteiger partial charge in [0.25, 0.3) is 0 Å². The molecule has 1 heterocycles. The van der Waals surface area contributed by atoms with E-state index in [2.05, 4.69) is 10.1 Å². The lowest BCUT2D eigenvalue weighted by Crippen LogP contribution is -2.28. The smallest absolute Gasteiger partial charge is 0.377 e. The fourth-order valence-electron chi connectivity index (χ4n) is 1.47. The normalized spacial score (nSPS) is 23.4. The van der Waals surface area contributed by atoms with Crippen LogP contribution in [0, 0.1) is 0 Å². The van der Waals surface area contributed by atoms with E-state index in [4.69, 9.17) is 4.74 Å². The first-order valence-corrected chi connectivity index (χ1v) is 5.43. The third-order valence-electron chi connectivity index (χ3n) is 2.27. The molecule has 0 aromatic heterocycles. The Morgan fingerprint density at radius 3 is 2.94 bits per heavy atom. The van der Waals surface area contributed by atoms with Crippen molar-refractivity contribution in [2.45, 2.75) is 31.8 Å². The van der Waals surface area contributed by atoms with Gasteiger partial charge in [-0.2, -0.15) is 8.78 Å². The molecule has 1 fully saturated rings. The number of rotatable bonds is 7. The highest BCUT2D eigenvalue weighted by atomic mass is 19.3. The largest absolute Gasteiger partial charge is 0.456 e. The molecule has 0 radical (unpaired) electrons. The number of hydrogen-bond acceptors (Lipinski definition) is 4. The summed E-state index contributed by atoms with van der Waals surface area (Å²) < 4.78 is 35.1. The van der Waals surface area contributed by atoms with Gasteiger partial charge in [-0.1, -0.05) is 0 Å². The molecule has 6 heteroatoms. The third-order valence-corrected chi connectivity index (χ3v) is 2.27. The number of esters is 1. The van der Waals surface area contributed by atoms with Crippen LogP contribution in [0.3, 0.4) is 0 Å². The summed E-state index contributed by atoms with van der Waals surface area (Å²) >= 11 is 0. The van der Waals surface area contributed by atoms with Crippen molar-refractivity contribution in [3.05, 3.63) is 0 Å². The number of nitrogens with one attached hydrogen (secondary N) is 1. The molecule has 0 aromatic rings. The van der Waals surface area contributed by atoms with Crippen molar-refractivity contribution in [2.75, 3.05) is 26.3 Å². The van der Waals surface area contributed by atoms with Crippen molar-refractivity contribution in [3.63, 3.8) is 0 Å². The Balaban J connectivity index is 2.05. The highest BCUT2D eigenvalue weighted by molar-refractivity contribution is 5.79. The zero-order valence-electron chi connectivity index (χ0n) is 9.30. The third kappa shape index (κ3) is 4.02. The van der Waals surface area contributed by atoms with Crippen LogP contribution in [0.15, 0.2) is 0 Å². The molecule has 94 valence electrons. The lowest BCUT2D eigenvalue weighted by Gasteiger charge is -2.09. The molecule has 1 aliphatic heterocycles. The molecule has 0 aromatic carbocycles. The van der Waals surface area contributed by atoms with Gasteiger partial charge in [-0.3, -0.25) is 0 Å². The van der Waals surface area contributed by atoms with E-state index in [1.807, 2.05) is 6.92 Å². The highest BCUT2D eigenvalue weighted by Crippen LogP contribution is 2.30. The van der Waals surface area contributed by atoms with Crippen LogP contribution in [0.4, 0.5) is 8.78 Å².